The summed E-state index contributed by atoms with van der Waals surface area (Å²) in [6.45, 7) is 6.07. The summed E-state index contributed by atoms with van der Waals surface area (Å²) in [5.41, 5.74) is 4.98. The minimum atomic E-state index is -0.442. The molecule has 0 radical (unpaired) electrons. The van der Waals surface area contributed by atoms with Gasteiger partial charge in [-0.1, -0.05) is 24.3 Å². The van der Waals surface area contributed by atoms with E-state index in [-0.39, 0.29) is 0 Å². The van der Waals surface area contributed by atoms with Gasteiger partial charge in [0.25, 0.3) is 6.33 Å². The molecular weight excluding hydrogens is 358 g/mol. The van der Waals surface area contributed by atoms with E-state index in [0.29, 0.717) is 6.42 Å². The minimum Gasteiger partial charge on any atom is -0.456 e. The Bertz CT molecular complexity index is 1360. The number of aromatic nitrogens is 2. The van der Waals surface area contributed by atoms with Gasteiger partial charge in [-0.2, -0.15) is 5.26 Å². The fourth-order valence-corrected chi connectivity index (χ4v) is 4.40. The molecule has 0 bridgehead atoms. The standard InChI is InChI=1S/C25H22N3O/c1-15-18-8-6-5-7-17(18)11-21-22(15)24-23-19(27-14-28(24)4)9-16(10-20(23)29-21)12-25(2,3)13-26/h5-11,14H,12H2,1-4H3/q+1. The van der Waals surface area contributed by atoms with Gasteiger partial charge in [-0.05, 0) is 72.3 Å². The maximum atomic E-state index is 9.45. The van der Waals surface area contributed by atoms with Crippen LogP contribution in [0.25, 0.3) is 32.9 Å². The van der Waals surface area contributed by atoms with Crippen LogP contribution in [0.3, 0.4) is 0 Å². The van der Waals surface area contributed by atoms with Gasteiger partial charge in [-0.3, -0.25) is 0 Å². The van der Waals surface area contributed by atoms with Crippen LogP contribution in [0.15, 0.2) is 48.8 Å². The maximum Gasteiger partial charge on any atom is 0.287 e. The van der Waals surface area contributed by atoms with Gasteiger partial charge in [0.1, 0.15) is 16.9 Å². The second-order valence-corrected chi connectivity index (χ2v) is 8.56. The molecule has 0 unspecified atom stereocenters. The third kappa shape index (κ3) is 2.66. The lowest BCUT2D eigenvalue weighted by Crippen LogP contribution is -2.33. The van der Waals surface area contributed by atoms with Gasteiger partial charge >= 0.3 is 0 Å². The third-order valence-corrected chi connectivity index (χ3v) is 5.78. The van der Waals surface area contributed by atoms with Crippen LogP contribution < -0.4 is 9.30 Å². The van der Waals surface area contributed by atoms with Crippen LogP contribution >= 0.6 is 0 Å². The number of fused-ring (bicyclic) bond motifs is 3. The summed E-state index contributed by atoms with van der Waals surface area (Å²) in [5.74, 6) is 1.68. The van der Waals surface area contributed by atoms with Gasteiger partial charge in [0.05, 0.1) is 24.1 Å². The first-order valence-electron chi connectivity index (χ1n) is 9.81. The van der Waals surface area contributed by atoms with Crippen molar-refractivity contribution in [1.29, 1.82) is 5.26 Å². The quantitative estimate of drug-likeness (QED) is 0.386. The number of ether oxygens (including phenoxy) is 1. The number of aryl methyl sites for hydroxylation is 2. The second-order valence-electron chi connectivity index (χ2n) is 8.56. The van der Waals surface area contributed by atoms with E-state index in [0.717, 1.165) is 39.2 Å². The average Bonchev–Trinajstić information content (AvgIpc) is 2.69. The van der Waals surface area contributed by atoms with Crippen molar-refractivity contribution in [2.45, 2.75) is 27.2 Å². The maximum absolute atomic E-state index is 9.45. The van der Waals surface area contributed by atoms with Crippen LogP contribution in [0, 0.1) is 23.7 Å². The van der Waals surface area contributed by atoms with Crippen LogP contribution in [0.4, 0.5) is 0 Å². The topological polar surface area (TPSA) is 49.8 Å². The van der Waals surface area contributed by atoms with E-state index in [2.05, 4.69) is 65.0 Å². The molecule has 0 fully saturated rings. The molecule has 5 rings (SSSR count). The first-order chi connectivity index (χ1) is 13.9. The van der Waals surface area contributed by atoms with Crippen molar-refractivity contribution in [2.75, 3.05) is 0 Å². The van der Waals surface area contributed by atoms with Crippen molar-refractivity contribution in [3.8, 4) is 28.8 Å². The lowest BCUT2D eigenvalue weighted by Gasteiger charge is -2.23. The van der Waals surface area contributed by atoms with Crippen LogP contribution in [0.1, 0.15) is 25.0 Å². The highest BCUT2D eigenvalue weighted by molar-refractivity contribution is 6.04. The molecular formula is C25H22N3O+. The Morgan fingerprint density at radius 3 is 2.72 bits per heavy atom. The highest BCUT2D eigenvalue weighted by atomic mass is 16.5. The second kappa shape index (κ2) is 6.02. The van der Waals surface area contributed by atoms with Crippen LogP contribution in [-0.2, 0) is 13.5 Å². The number of nitriles is 1. The molecule has 4 nitrogen and oxygen atoms in total. The average molecular weight is 380 g/mol. The molecule has 0 spiro atoms. The number of rotatable bonds is 2. The summed E-state index contributed by atoms with van der Waals surface area (Å²) >= 11 is 0. The Hall–Kier alpha value is -3.45. The predicted octanol–water partition coefficient (Wildman–Crippen LogP) is 5.39. The third-order valence-electron chi connectivity index (χ3n) is 5.78. The van der Waals surface area contributed by atoms with Crippen molar-refractivity contribution < 1.29 is 9.30 Å². The molecule has 0 N–H and O–H groups in total. The van der Waals surface area contributed by atoms with Crippen molar-refractivity contribution >= 4 is 21.7 Å². The lowest BCUT2D eigenvalue weighted by atomic mass is 9.86. The van der Waals surface area contributed by atoms with Gasteiger partial charge in [-0.15, -0.1) is 0 Å². The Balaban J connectivity index is 1.83. The summed E-state index contributed by atoms with van der Waals surface area (Å²) in [7, 11) is 2.03. The summed E-state index contributed by atoms with van der Waals surface area (Å²) < 4.78 is 8.52. The Kier molecular flexibility index (Phi) is 3.66. The van der Waals surface area contributed by atoms with Crippen molar-refractivity contribution in [2.24, 2.45) is 12.5 Å². The smallest absolute Gasteiger partial charge is 0.287 e. The van der Waals surface area contributed by atoms with E-state index in [4.69, 9.17) is 4.74 Å². The molecule has 0 aliphatic carbocycles. The first kappa shape index (κ1) is 17.6. The molecule has 1 aliphatic heterocycles. The van der Waals surface area contributed by atoms with Gasteiger partial charge in [-0.25, -0.2) is 4.57 Å². The summed E-state index contributed by atoms with van der Waals surface area (Å²) in [6, 6.07) is 17.1. The molecule has 0 saturated carbocycles. The van der Waals surface area contributed by atoms with Crippen molar-refractivity contribution in [3.63, 3.8) is 0 Å². The van der Waals surface area contributed by atoms with Crippen molar-refractivity contribution in [1.82, 2.24) is 4.98 Å². The summed E-state index contributed by atoms with van der Waals surface area (Å²) in [5, 5.41) is 12.9. The van der Waals surface area contributed by atoms with E-state index >= 15 is 0 Å². The molecule has 2 heterocycles. The molecule has 1 aliphatic rings. The van der Waals surface area contributed by atoms with E-state index in [9.17, 15) is 5.26 Å². The lowest BCUT2D eigenvalue weighted by molar-refractivity contribution is -0.662. The molecule has 0 saturated heterocycles. The molecule has 1 aromatic heterocycles. The fraction of sp³-hybridized carbons (Fsp3) is 0.240. The molecule has 4 heteroatoms. The Morgan fingerprint density at radius 2 is 1.93 bits per heavy atom. The Labute approximate surface area is 170 Å². The molecule has 0 amide bonds. The Morgan fingerprint density at radius 1 is 1.14 bits per heavy atom. The molecule has 29 heavy (non-hydrogen) atoms. The SMILES string of the molecule is Cc1c2c(cc3ccccc13)Oc1cc(CC(C)(C)C#N)cc3nc[n+](C)c-2c13. The van der Waals surface area contributed by atoms with E-state index in [1.807, 2.05) is 27.2 Å². The number of hydrogen-bond acceptors (Lipinski definition) is 3. The summed E-state index contributed by atoms with van der Waals surface area (Å²) in [6.07, 6.45) is 2.52. The molecule has 4 aromatic rings. The zero-order valence-electron chi connectivity index (χ0n) is 17.1. The number of hydrogen-bond donors (Lipinski definition) is 0. The minimum absolute atomic E-state index is 0.442. The fourth-order valence-electron chi connectivity index (χ4n) is 4.40. The zero-order valence-corrected chi connectivity index (χ0v) is 17.1. The monoisotopic (exact) mass is 380 g/mol. The first-order valence-corrected chi connectivity index (χ1v) is 9.81. The van der Waals surface area contributed by atoms with Gasteiger partial charge in [0.2, 0.25) is 0 Å². The molecule has 142 valence electrons. The van der Waals surface area contributed by atoms with Crippen molar-refractivity contribution in [3.05, 3.63) is 59.9 Å². The molecule has 0 atom stereocenters. The van der Waals surface area contributed by atoms with Gasteiger partial charge in [0.15, 0.2) is 11.2 Å². The zero-order chi connectivity index (χ0) is 20.3. The van der Waals surface area contributed by atoms with E-state index in [1.54, 1.807) is 0 Å². The van der Waals surface area contributed by atoms with Crippen LogP contribution in [-0.4, -0.2) is 4.98 Å². The summed E-state index contributed by atoms with van der Waals surface area (Å²) in [4.78, 5) is 4.67. The number of nitrogens with zero attached hydrogens (tertiary/aromatic N) is 3. The predicted molar refractivity (Wildman–Crippen MR) is 114 cm³/mol. The van der Waals surface area contributed by atoms with Crippen LogP contribution in [0.5, 0.6) is 11.5 Å². The normalized spacial score (nSPS) is 12.5. The van der Waals surface area contributed by atoms with E-state index in [1.165, 1.54) is 16.3 Å². The van der Waals surface area contributed by atoms with E-state index < -0.39 is 5.41 Å². The number of benzene rings is 3. The molecule has 3 aromatic carbocycles. The highest BCUT2D eigenvalue weighted by Crippen LogP contribution is 2.48. The highest BCUT2D eigenvalue weighted by Gasteiger charge is 2.30. The largest absolute Gasteiger partial charge is 0.456 e. The van der Waals surface area contributed by atoms with Gasteiger partial charge in [0, 0.05) is 0 Å². The van der Waals surface area contributed by atoms with Gasteiger partial charge < -0.3 is 4.74 Å². The van der Waals surface area contributed by atoms with Crippen LogP contribution in [0.2, 0.25) is 0 Å².